The zero-order valence-corrected chi connectivity index (χ0v) is 54.3. The Morgan fingerprint density at radius 3 is 0.581 bits per heavy atom. The minimum atomic E-state index is -0.672. The minimum absolute atomic E-state index is 0.00206. The summed E-state index contributed by atoms with van der Waals surface area (Å²) in [5, 5.41) is 0. The second kappa shape index (κ2) is 76.9. The van der Waals surface area contributed by atoms with E-state index in [-0.39, 0.29) is 251 Å². The van der Waals surface area contributed by atoms with Gasteiger partial charge in [-0.1, -0.05) is 6.92 Å². The van der Waals surface area contributed by atoms with Crippen LogP contribution in [-0.2, 0) is 166 Å². The van der Waals surface area contributed by atoms with Gasteiger partial charge in [-0.3, -0.25) is 28.8 Å². The predicted molar refractivity (Wildman–Crippen MR) is 316 cm³/mol. The zero-order valence-electron chi connectivity index (χ0n) is 54.3. The molecular formula is C58H106O35. The second-order valence-corrected chi connectivity index (χ2v) is 18.5. The van der Waals surface area contributed by atoms with Gasteiger partial charge in [-0.2, -0.15) is 0 Å². The van der Waals surface area contributed by atoms with Crippen molar-refractivity contribution >= 4 is 38.8 Å². The molecule has 0 fully saturated rings. The molecule has 0 rings (SSSR count). The first-order valence-corrected chi connectivity index (χ1v) is 30.8. The molecule has 0 aliphatic rings. The van der Waals surface area contributed by atoms with Gasteiger partial charge in [-0.15, -0.1) is 0 Å². The lowest BCUT2D eigenvalue weighted by Gasteiger charge is -2.24. The van der Waals surface area contributed by atoms with Crippen molar-refractivity contribution in [2.24, 2.45) is 0 Å². The van der Waals surface area contributed by atoms with E-state index >= 15 is 0 Å². The van der Waals surface area contributed by atoms with Crippen molar-refractivity contribution in [3.63, 3.8) is 0 Å². The molecule has 0 saturated heterocycles. The fourth-order valence-corrected chi connectivity index (χ4v) is 6.90. The highest BCUT2D eigenvalue weighted by atomic mass is 17.2. The fourth-order valence-electron chi connectivity index (χ4n) is 6.90. The van der Waals surface area contributed by atoms with Gasteiger partial charge >= 0.3 is 0 Å². The van der Waals surface area contributed by atoms with Crippen molar-refractivity contribution in [3.8, 4) is 0 Å². The first-order valence-electron chi connectivity index (χ1n) is 30.8. The second-order valence-electron chi connectivity index (χ2n) is 18.5. The largest absolute Gasteiger partial charge is 0.465 e. The van der Waals surface area contributed by atoms with Crippen molar-refractivity contribution in [2.75, 3.05) is 291 Å². The number of carbonyl (C=O) groups is 6. The Hall–Kier alpha value is -4.10. The van der Waals surface area contributed by atoms with E-state index in [2.05, 4.69) is 14.4 Å². The van der Waals surface area contributed by atoms with E-state index in [4.69, 9.17) is 123 Å². The summed E-state index contributed by atoms with van der Waals surface area (Å²) in [6, 6.07) is 0. The molecule has 0 spiro atoms. The summed E-state index contributed by atoms with van der Waals surface area (Å²) >= 11 is 0. The molecule has 0 bridgehead atoms. The van der Waals surface area contributed by atoms with Gasteiger partial charge in [0, 0.05) is 6.61 Å². The summed E-state index contributed by atoms with van der Waals surface area (Å²) < 4.78 is 151. The molecule has 6 atom stereocenters. The summed E-state index contributed by atoms with van der Waals surface area (Å²) in [6.45, 7) is 10.7. The van der Waals surface area contributed by atoms with Crippen LogP contribution in [0.5, 0.6) is 0 Å². The molecule has 0 N–H and O–H groups in total. The van der Waals surface area contributed by atoms with Crippen LogP contribution in [0.2, 0.25) is 0 Å². The van der Waals surface area contributed by atoms with Crippen LogP contribution in [0.4, 0.5) is 0 Å². The number of ether oxygens (including phenoxy) is 27. The first-order chi connectivity index (χ1) is 46.0. The van der Waals surface area contributed by atoms with Crippen LogP contribution in [-0.4, -0.2) is 367 Å². The maximum Gasteiger partial charge on any atom is 0.293 e. The standard InChI is InChI=1S/C58H106O35/c1-3-4-66-5-13-74-35-53(87-28-21-67-7-15-76-47-59)37-82-39-55(89-30-23-69-9-17-78-49-61)41-84-43-57(91-32-25-71-11-19-80-51-63)45-86-46-58(92-33-26-72-12-20-81-52-64)44-85-42-56(90-31-24-70-10-18-79-50-62)40-83-38-54(88-29-22-68-8-16-77-48-60)36-75-14-6-73-27-34-93-65-2/h47-58H,3-46H2,1-2H3. The van der Waals surface area contributed by atoms with Crippen LogP contribution >= 0.6 is 0 Å². The van der Waals surface area contributed by atoms with E-state index < -0.39 is 36.6 Å². The van der Waals surface area contributed by atoms with E-state index in [9.17, 15) is 28.8 Å². The smallest absolute Gasteiger partial charge is 0.293 e. The number of hydrogen-bond acceptors (Lipinski definition) is 35. The molecule has 35 nitrogen and oxygen atoms in total. The Morgan fingerprint density at radius 2 is 0.376 bits per heavy atom. The molecule has 0 saturated carbocycles. The van der Waals surface area contributed by atoms with Crippen molar-refractivity contribution in [2.45, 2.75) is 50.0 Å². The Kier molecular flexibility index (Phi) is 73.5. The lowest BCUT2D eigenvalue weighted by molar-refractivity contribution is -0.278. The van der Waals surface area contributed by atoms with Gasteiger partial charge in [0.1, 0.15) is 82.9 Å². The SMILES string of the molecule is CCCOCCOCC(COCC(COCC(COCC(COCC(COCC(COCCOCCOOC)OCCOCCOC=O)OCCOCCOC=O)OCCOCCOC=O)OCCOCCOC=O)OCCOCCOC=O)OCCOCCOC=O. The summed E-state index contributed by atoms with van der Waals surface area (Å²) in [4.78, 5) is 72.8. The molecule has 0 aromatic carbocycles. The Bertz CT molecular complexity index is 1550. The van der Waals surface area contributed by atoms with Crippen LogP contribution in [0.3, 0.4) is 0 Å². The molecule has 0 aromatic heterocycles. The molecule has 0 aliphatic heterocycles. The Balaban J connectivity index is 6.22. The quantitative estimate of drug-likeness (QED) is 0.0221. The normalized spacial score (nSPS) is 13.4. The molecule has 35 heteroatoms. The molecule has 0 amide bonds. The first kappa shape index (κ1) is 88.9. The minimum Gasteiger partial charge on any atom is -0.465 e. The molecule has 0 aromatic rings. The molecular weight excluding hydrogens is 1260 g/mol. The lowest BCUT2D eigenvalue weighted by Crippen LogP contribution is -2.36. The van der Waals surface area contributed by atoms with Crippen LogP contribution in [0.25, 0.3) is 0 Å². The van der Waals surface area contributed by atoms with Gasteiger partial charge in [-0.05, 0) is 6.42 Å². The summed E-state index contributed by atoms with van der Waals surface area (Å²) in [6.07, 6.45) is -2.76. The van der Waals surface area contributed by atoms with Gasteiger partial charge < -0.3 is 128 Å². The summed E-state index contributed by atoms with van der Waals surface area (Å²) in [5.41, 5.74) is 0. The fraction of sp³-hybridized carbons (Fsp3) is 0.897. The van der Waals surface area contributed by atoms with Crippen LogP contribution in [0.1, 0.15) is 13.3 Å². The van der Waals surface area contributed by atoms with Gasteiger partial charge in [0.2, 0.25) is 0 Å². The molecule has 6 unspecified atom stereocenters. The van der Waals surface area contributed by atoms with Crippen molar-refractivity contribution in [1.82, 2.24) is 0 Å². The molecule has 0 radical (unpaired) electrons. The number of hydrogen-bond donors (Lipinski definition) is 0. The van der Waals surface area contributed by atoms with E-state index in [0.29, 0.717) is 71.9 Å². The summed E-state index contributed by atoms with van der Waals surface area (Å²) in [7, 11) is 1.41. The average Bonchev–Trinajstić information content (AvgIpc) is 3.77. The number of rotatable bonds is 84. The maximum absolute atomic E-state index is 10.6. The predicted octanol–water partition coefficient (Wildman–Crippen LogP) is -1.43. The monoisotopic (exact) mass is 1360 g/mol. The Labute approximate surface area is 545 Å². The van der Waals surface area contributed by atoms with Crippen molar-refractivity contribution < 1.29 is 166 Å². The molecule has 93 heavy (non-hydrogen) atoms. The van der Waals surface area contributed by atoms with E-state index in [1.165, 1.54) is 7.11 Å². The van der Waals surface area contributed by atoms with Crippen LogP contribution in [0, 0.1) is 0 Å². The lowest BCUT2D eigenvalue weighted by atomic mass is 10.3. The third-order valence-corrected chi connectivity index (χ3v) is 11.1. The average molecular weight is 1360 g/mol. The van der Waals surface area contributed by atoms with Gasteiger partial charge in [-0.25, -0.2) is 9.78 Å². The molecule has 0 heterocycles. The van der Waals surface area contributed by atoms with Gasteiger partial charge in [0.25, 0.3) is 38.8 Å². The van der Waals surface area contributed by atoms with E-state index in [0.717, 1.165) is 6.42 Å². The molecule has 548 valence electrons. The highest BCUT2D eigenvalue weighted by Gasteiger charge is 2.21. The molecule has 0 aliphatic carbocycles. The highest BCUT2D eigenvalue weighted by molar-refractivity contribution is 5.38. The zero-order chi connectivity index (χ0) is 67.3. The van der Waals surface area contributed by atoms with E-state index in [1.807, 2.05) is 6.92 Å². The van der Waals surface area contributed by atoms with Crippen LogP contribution in [0.15, 0.2) is 0 Å². The Morgan fingerprint density at radius 1 is 0.204 bits per heavy atom. The topological polar surface area (TPSA) is 370 Å². The highest BCUT2D eigenvalue weighted by Crippen LogP contribution is 2.07. The van der Waals surface area contributed by atoms with Gasteiger partial charge in [0.15, 0.2) is 0 Å². The third-order valence-electron chi connectivity index (χ3n) is 11.1. The van der Waals surface area contributed by atoms with Crippen LogP contribution < -0.4 is 0 Å². The van der Waals surface area contributed by atoms with Crippen molar-refractivity contribution in [1.29, 1.82) is 0 Å². The van der Waals surface area contributed by atoms with E-state index in [1.54, 1.807) is 0 Å². The maximum atomic E-state index is 10.6. The van der Waals surface area contributed by atoms with Crippen molar-refractivity contribution in [3.05, 3.63) is 0 Å². The van der Waals surface area contributed by atoms with Gasteiger partial charge in [0.05, 0.1) is 238 Å². The number of carbonyl (C=O) groups excluding carboxylic acids is 6. The summed E-state index contributed by atoms with van der Waals surface area (Å²) in [5.74, 6) is 0. The third kappa shape index (κ3) is 67.7.